The molecule has 2 unspecified atom stereocenters. The number of aliphatic hydroxyl groups excluding tert-OH is 1. The number of halogens is 1. The molecule has 1 saturated carbocycles. The van der Waals surface area contributed by atoms with Crippen LogP contribution in [-0.2, 0) is 24.3 Å². The molecule has 1 aromatic rings. The van der Waals surface area contributed by atoms with Gasteiger partial charge < -0.3 is 15.2 Å². The summed E-state index contributed by atoms with van der Waals surface area (Å²) in [5.41, 5.74) is -0.171. The van der Waals surface area contributed by atoms with Crippen molar-refractivity contribution in [3.63, 3.8) is 0 Å². The first-order chi connectivity index (χ1) is 13.6. The average Bonchev–Trinajstić information content (AvgIpc) is 2.67. The number of benzene rings is 1. The Morgan fingerprint density at radius 3 is 2.43 bits per heavy atom. The quantitative estimate of drug-likeness (QED) is 0.497. The third-order valence-corrected chi connectivity index (χ3v) is 6.58. The van der Waals surface area contributed by atoms with E-state index in [-0.39, 0.29) is 23.8 Å². The number of nitrogens with one attached hydrogen (secondary N) is 2. The highest BCUT2D eigenvalue weighted by Gasteiger charge is 2.34. The van der Waals surface area contributed by atoms with E-state index in [1.165, 1.54) is 0 Å². The molecule has 8 nitrogen and oxygen atoms in total. The fraction of sp³-hybridized carbons (Fsp3) is 0.600. The lowest BCUT2D eigenvalue weighted by Gasteiger charge is -2.36. The fourth-order valence-electron chi connectivity index (χ4n) is 3.24. The Labute approximate surface area is 177 Å². The second-order valence-corrected chi connectivity index (χ2v) is 9.43. The van der Waals surface area contributed by atoms with E-state index < -0.39 is 33.9 Å². The molecule has 0 heterocycles. The molecular weight excluding hydrogens is 415 g/mol. The van der Waals surface area contributed by atoms with Gasteiger partial charge in [0.2, 0.25) is 6.41 Å². The van der Waals surface area contributed by atoms with E-state index in [0.717, 1.165) is 37.1 Å². The van der Waals surface area contributed by atoms with Crippen molar-refractivity contribution in [3.05, 3.63) is 30.1 Å². The van der Waals surface area contributed by atoms with Gasteiger partial charge in [0.05, 0.1) is 23.7 Å². The molecule has 1 aromatic carbocycles. The van der Waals surface area contributed by atoms with Crippen LogP contribution in [-0.4, -0.2) is 50.7 Å². The lowest BCUT2D eigenvalue weighted by Crippen LogP contribution is -2.52. The molecule has 1 aliphatic rings. The van der Waals surface area contributed by atoms with Crippen LogP contribution in [0.3, 0.4) is 0 Å². The molecule has 10 heteroatoms. The number of rotatable bonds is 9. The minimum atomic E-state index is -4.23. The third kappa shape index (κ3) is 7.03. The molecule has 0 saturated heterocycles. The van der Waals surface area contributed by atoms with Crippen molar-refractivity contribution in [1.29, 1.82) is 0 Å². The fourth-order valence-corrected chi connectivity index (χ4v) is 4.24. The van der Waals surface area contributed by atoms with Crippen molar-refractivity contribution in [3.8, 4) is 0 Å². The van der Waals surface area contributed by atoms with Gasteiger partial charge in [-0.3, -0.25) is 9.59 Å². The Morgan fingerprint density at radius 1 is 1.33 bits per heavy atom. The maximum Gasteiger partial charge on any atom is 0.264 e. The highest BCUT2D eigenvalue weighted by atomic mass is 32.2. The van der Waals surface area contributed by atoms with Crippen molar-refractivity contribution in [2.75, 3.05) is 6.61 Å². The SMILES string of the molecule is C.CC(OCC1(C)CCC(O)CC1)C(NC=O)C(=O)NS(=O)(=O)c1ccc(F)cc1. The Bertz CT molecular complexity index is 807. The summed E-state index contributed by atoms with van der Waals surface area (Å²) in [6, 6.07) is 2.76. The molecule has 2 atom stereocenters. The first-order valence-electron chi connectivity index (χ1n) is 9.38. The number of sulfonamides is 1. The van der Waals surface area contributed by atoms with Crippen LogP contribution in [0.2, 0.25) is 0 Å². The van der Waals surface area contributed by atoms with E-state index >= 15 is 0 Å². The minimum Gasteiger partial charge on any atom is -0.393 e. The van der Waals surface area contributed by atoms with Crippen LogP contribution < -0.4 is 10.0 Å². The summed E-state index contributed by atoms with van der Waals surface area (Å²) in [6.07, 6.45) is 2.05. The first kappa shape index (κ1) is 26.0. The zero-order chi connectivity index (χ0) is 21.7. The average molecular weight is 447 g/mol. The standard InChI is InChI=1S/C19H27FN2O6S.CH4/c1-13(28-11-19(2)9-7-15(24)8-10-19)17(21-12-23)18(25)22-29(26,27)16-5-3-14(20)4-6-16;/h3-6,12-13,15,17,24H,7-11H2,1-2H3,(H,21,23)(H,22,25);1H4. The highest BCUT2D eigenvalue weighted by Crippen LogP contribution is 2.36. The summed E-state index contributed by atoms with van der Waals surface area (Å²) in [5.74, 6) is -1.57. The molecule has 2 rings (SSSR count). The summed E-state index contributed by atoms with van der Waals surface area (Å²) in [5, 5.41) is 11.9. The zero-order valence-electron chi connectivity index (χ0n) is 16.4. The second-order valence-electron chi connectivity index (χ2n) is 7.74. The molecular formula is C20H31FN2O6S. The Morgan fingerprint density at radius 2 is 1.90 bits per heavy atom. The predicted molar refractivity (Wildman–Crippen MR) is 109 cm³/mol. The summed E-state index contributed by atoms with van der Waals surface area (Å²) in [4.78, 5) is 23.2. The van der Waals surface area contributed by atoms with Gasteiger partial charge in [-0.2, -0.15) is 0 Å². The maximum absolute atomic E-state index is 13.0. The smallest absolute Gasteiger partial charge is 0.264 e. The van der Waals surface area contributed by atoms with E-state index in [0.29, 0.717) is 25.9 Å². The van der Waals surface area contributed by atoms with Gasteiger partial charge in [-0.1, -0.05) is 14.4 Å². The predicted octanol–water partition coefficient (Wildman–Crippen LogP) is 1.73. The van der Waals surface area contributed by atoms with Crippen molar-refractivity contribution in [2.45, 2.75) is 70.1 Å². The van der Waals surface area contributed by atoms with E-state index in [1.54, 1.807) is 6.92 Å². The van der Waals surface area contributed by atoms with Gasteiger partial charge in [0.1, 0.15) is 11.9 Å². The molecule has 2 amide bonds. The van der Waals surface area contributed by atoms with E-state index in [2.05, 4.69) is 5.32 Å². The Kier molecular flexibility index (Phi) is 9.38. The summed E-state index contributed by atoms with van der Waals surface area (Å²) >= 11 is 0. The van der Waals surface area contributed by atoms with Crippen molar-refractivity contribution in [2.24, 2.45) is 5.41 Å². The zero-order valence-corrected chi connectivity index (χ0v) is 17.2. The molecule has 0 aliphatic heterocycles. The van der Waals surface area contributed by atoms with Crippen LogP contribution >= 0.6 is 0 Å². The molecule has 0 spiro atoms. The summed E-state index contributed by atoms with van der Waals surface area (Å²) in [7, 11) is -4.23. The molecule has 170 valence electrons. The molecule has 1 aliphatic carbocycles. The van der Waals surface area contributed by atoms with Crippen molar-refractivity contribution < 1.29 is 32.2 Å². The monoisotopic (exact) mass is 446 g/mol. The van der Waals surface area contributed by atoms with E-state index in [9.17, 15) is 27.5 Å². The van der Waals surface area contributed by atoms with Crippen LogP contribution in [0.1, 0.15) is 47.0 Å². The number of carbonyl (C=O) groups excluding carboxylic acids is 2. The van der Waals surface area contributed by atoms with E-state index in [4.69, 9.17) is 4.74 Å². The highest BCUT2D eigenvalue weighted by molar-refractivity contribution is 7.90. The molecule has 1 fully saturated rings. The van der Waals surface area contributed by atoms with Gasteiger partial charge in [-0.15, -0.1) is 0 Å². The Hall–Kier alpha value is -2.04. The summed E-state index contributed by atoms with van der Waals surface area (Å²) in [6.45, 7) is 3.88. The van der Waals surface area contributed by atoms with Crippen LogP contribution in [0.25, 0.3) is 0 Å². The first-order valence-corrected chi connectivity index (χ1v) is 10.9. The largest absolute Gasteiger partial charge is 0.393 e. The van der Waals surface area contributed by atoms with Crippen molar-refractivity contribution in [1.82, 2.24) is 10.0 Å². The number of hydrogen-bond donors (Lipinski definition) is 3. The van der Waals surface area contributed by atoms with E-state index in [1.807, 2.05) is 11.6 Å². The normalized spacial score (nSPS) is 23.5. The van der Waals surface area contributed by atoms with Gasteiger partial charge >= 0.3 is 0 Å². The van der Waals surface area contributed by atoms with Gasteiger partial charge in [0.25, 0.3) is 15.9 Å². The number of aliphatic hydroxyl groups is 1. The minimum absolute atomic E-state index is 0. The van der Waals surface area contributed by atoms with Gasteiger partial charge in [-0.05, 0) is 62.3 Å². The summed E-state index contributed by atoms with van der Waals surface area (Å²) < 4.78 is 45.3. The number of hydrogen-bond acceptors (Lipinski definition) is 6. The lowest BCUT2D eigenvalue weighted by molar-refractivity contribution is -0.129. The second kappa shape index (κ2) is 10.8. The molecule has 0 aromatic heterocycles. The van der Waals surface area contributed by atoms with Crippen LogP contribution in [0.5, 0.6) is 0 Å². The van der Waals surface area contributed by atoms with Crippen LogP contribution in [0.4, 0.5) is 4.39 Å². The number of ether oxygens (including phenoxy) is 1. The molecule has 0 bridgehead atoms. The third-order valence-electron chi connectivity index (χ3n) is 5.22. The van der Waals surface area contributed by atoms with Crippen molar-refractivity contribution >= 4 is 22.3 Å². The lowest BCUT2D eigenvalue weighted by atomic mass is 9.75. The molecule has 3 N–H and O–H groups in total. The number of carbonyl (C=O) groups is 2. The van der Waals surface area contributed by atoms with Gasteiger partial charge in [0.15, 0.2) is 0 Å². The molecule has 0 radical (unpaired) electrons. The maximum atomic E-state index is 13.0. The van der Waals surface area contributed by atoms with Gasteiger partial charge in [0, 0.05) is 0 Å². The molecule has 30 heavy (non-hydrogen) atoms. The Balaban J connectivity index is 0.00000450. The van der Waals surface area contributed by atoms with Gasteiger partial charge in [-0.25, -0.2) is 17.5 Å². The van der Waals surface area contributed by atoms with Crippen LogP contribution in [0.15, 0.2) is 29.2 Å². The van der Waals surface area contributed by atoms with Crippen LogP contribution in [0, 0.1) is 11.2 Å². The topological polar surface area (TPSA) is 122 Å². The number of amides is 2.